The Labute approximate surface area is 361 Å². The molecule has 0 aliphatic carbocycles. The zero-order valence-corrected chi connectivity index (χ0v) is 36.4. The quantitative estimate of drug-likeness (QED) is 0.0494. The maximum atomic E-state index is 12.3. The number of phenols is 1. The molecule has 0 spiro atoms. The number of anilines is 1. The summed E-state index contributed by atoms with van der Waals surface area (Å²) in [7, 11) is -13.8. The molecule has 0 saturated carbocycles. The number of nitrogens with zero attached hydrogens (tertiary/aromatic N) is 5. The molecule has 0 unspecified atom stereocenters. The first-order valence-electron chi connectivity index (χ1n) is 13.0. The second kappa shape index (κ2) is 18.2. The summed E-state index contributed by atoms with van der Waals surface area (Å²) in [6, 6.07) is 7.31. The van der Waals surface area contributed by atoms with Gasteiger partial charge in [0.25, 0.3) is 36.0 Å². The summed E-state index contributed by atoms with van der Waals surface area (Å²) in [6.45, 7) is 2.53. The number of aryl methyl sites for hydroxylation is 1. The fraction of sp³-hybridized carbons (Fsp3) is 0.115. The molecular formula is C26H22N6Na3O14S3. The molecule has 26 heteroatoms. The van der Waals surface area contributed by atoms with Crippen LogP contribution in [0.15, 0.2) is 83.7 Å². The minimum absolute atomic E-state index is 0. The summed E-state index contributed by atoms with van der Waals surface area (Å²) >= 11 is 0. The fourth-order valence-corrected chi connectivity index (χ4v) is 6.16. The van der Waals surface area contributed by atoms with Crippen molar-refractivity contribution in [3.63, 3.8) is 0 Å². The van der Waals surface area contributed by atoms with Crippen molar-refractivity contribution in [2.75, 3.05) is 12.4 Å². The van der Waals surface area contributed by atoms with Crippen LogP contribution in [0.2, 0.25) is 0 Å². The summed E-state index contributed by atoms with van der Waals surface area (Å²) in [5.41, 5.74) is -2.10. The third-order valence-electron chi connectivity index (χ3n) is 6.46. The number of nitrogens with one attached hydrogen (secondary N) is 1. The van der Waals surface area contributed by atoms with Gasteiger partial charge in [-0.2, -0.15) is 30.4 Å². The molecule has 0 aliphatic heterocycles. The summed E-state index contributed by atoms with van der Waals surface area (Å²) < 4.78 is 106. The van der Waals surface area contributed by atoms with Crippen molar-refractivity contribution in [3.8, 4) is 11.5 Å². The van der Waals surface area contributed by atoms with E-state index in [4.69, 9.17) is 4.74 Å². The molecule has 20 nitrogen and oxygen atoms in total. The monoisotopic (exact) mass is 807 g/mol. The maximum Gasteiger partial charge on any atom is 0.297 e. The van der Waals surface area contributed by atoms with Crippen LogP contribution in [0.3, 0.4) is 0 Å². The Morgan fingerprint density at radius 3 is 1.88 bits per heavy atom. The van der Waals surface area contributed by atoms with Crippen molar-refractivity contribution >= 4 is 170 Å². The van der Waals surface area contributed by atoms with Gasteiger partial charge in [0.05, 0.1) is 28.3 Å². The van der Waals surface area contributed by atoms with Crippen LogP contribution >= 0.6 is 0 Å². The second-order valence-electron chi connectivity index (χ2n) is 9.87. The van der Waals surface area contributed by atoms with E-state index < -0.39 is 78.7 Å². The number of ether oxygens (including phenoxy) is 1. The van der Waals surface area contributed by atoms with Crippen LogP contribution in [-0.4, -0.2) is 151 Å². The molecular weight excluding hydrogens is 785 g/mol. The van der Waals surface area contributed by atoms with Gasteiger partial charge >= 0.3 is 0 Å². The Bertz CT molecular complexity index is 2480. The third-order valence-corrected chi connectivity index (χ3v) is 9.04. The summed E-state index contributed by atoms with van der Waals surface area (Å²) in [4.78, 5) is 19.3. The van der Waals surface area contributed by atoms with Gasteiger partial charge in [-0.1, -0.05) is 0 Å². The molecule has 0 aliphatic rings. The van der Waals surface area contributed by atoms with E-state index in [-0.39, 0.29) is 128 Å². The van der Waals surface area contributed by atoms with E-state index in [1.54, 1.807) is 0 Å². The van der Waals surface area contributed by atoms with Crippen molar-refractivity contribution in [2.24, 2.45) is 20.5 Å². The number of non-ortho nitro benzene ring substituents is 1. The van der Waals surface area contributed by atoms with Crippen LogP contribution in [0.1, 0.15) is 12.5 Å². The van der Waals surface area contributed by atoms with E-state index in [2.05, 4.69) is 25.8 Å². The van der Waals surface area contributed by atoms with Crippen LogP contribution in [-0.2, 0) is 35.1 Å². The van der Waals surface area contributed by atoms with E-state index in [9.17, 15) is 58.9 Å². The molecule has 0 aromatic heterocycles. The van der Waals surface area contributed by atoms with Crippen molar-refractivity contribution in [2.45, 2.75) is 28.5 Å². The number of hydrogen-bond acceptors (Lipinski definition) is 15. The number of aromatic hydroxyl groups is 1. The van der Waals surface area contributed by atoms with Gasteiger partial charge in [0.1, 0.15) is 32.6 Å². The number of carbonyl (C=O) groups is 1. The van der Waals surface area contributed by atoms with Gasteiger partial charge in [-0.05, 0) is 48.2 Å². The third kappa shape index (κ3) is 11.0. The number of nitro benzene ring substituents is 1. The normalized spacial score (nSPS) is 11.8. The van der Waals surface area contributed by atoms with Gasteiger partial charge in [-0.3, -0.25) is 28.6 Å². The molecule has 4 aromatic rings. The van der Waals surface area contributed by atoms with Gasteiger partial charge < -0.3 is 15.2 Å². The number of amides is 1. The first kappa shape index (κ1) is 47.6. The summed E-state index contributed by atoms with van der Waals surface area (Å²) in [5, 5.41) is 39.2. The molecule has 4 rings (SSSR count). The number of rotatable bonds is 10. The van der Waals surface area contributed by atoms with Crippen molar-refractivity contribution in [3.05, 3.63) is 64.2 Å². The van der Waals surface area contributed by atoms with Crippen LogP contribution in [0.4, 0.5) is 34.1 Å². The van der Waals surface area contributed by atoms with Crippen LogP contribution in [0, 0.1) is 17.0 Å². The maximum absolute atomic E-state index is 12.3. The van der Waals surface area contributed by atoms with Crippen LogP contribution in [0.25, 0.3) is 10.8 Å². The van der Waals surface area contributed by atoms with Gasteiger partial charge in [0.2, 0.25) is 5.91 Å². The molecule has 0 saturated heterocycles. The van der Waals surface area contributed by atoms with E-state index in [1.807, 2.05) is 0 Å². The van der Waals surface area contributed by atoms with Crippen molar-refractivity contribution < 1.29 is 58.5 Å². The van der Waals surface area contributed by atoms with E-state index in [0.717, 1.165) is 37.3 Å². The topological polar surface area (TPSA) is 314 Å². The Morgan fingerprint density at radius 2 is 1.37 bits per heavy atom. The standard InChI is InChI=1S/C26H22N6O14S3.3Na/c1-12-6-19(21(46-3)11-18(12)29-28-17-5-4-15(32(35)36)9-22(17)48(40,41)42)30-31-25-23(49(43,44)45)8-14-7-16(47(37,38)39)10-20(27-13(2)33)24(14)26(25)34;;;/h4-11,34H,1-3H3,(H,27,33)(H,37,38,39)(H,40,41,42)(H,43,44,45);;;. The molecule has 0 heterocycles. The first-order chi connectivity index (χ1) is 22.6. The van der Waals surface area contributed by atoms with Gasteiger partial charge in [-0.15, -0.1) is 15.3 Å². The molecule has 0 fully saturated rings. The zero-order chi connectivity index (χ0) is 36.6. The van der Waals surface area contributed by atoms with E-state index in [0.29, 0.717) is 6.07 Å². The van der Waals surface area contributed by atoms with Crippen molar-refractivity contribution in [1.82, 2.24) is 0 Å². The van der Waals surface area contributed by atoms with Crippen molar-refractivity contribution in [1.29, 1.82) is 0 Å². The smallest absolute Gasteiger partial charge is 0.297 e. The number of carbonyl (C=O) groups excluding carboxylic acids is 1. The molecule has 0 atom stereocenters. The Kier molecular flexibility index (Phi) is 16.7. The SMILES string of the molecule is COc1cc(N=Nc2ccc([N+](=O)[O-])cc2S(=O)(=O)O)c(C)cc1N=Nc1c(S(=O)(=O)O)cc2cc(S(=O)(=O)O)cc(NC(C)=O)c2c1O.[Na].[Na].[Na]. The Balaban J connectivity index is 0.00000451. The second-order valence-corrected chi connectivity index (χ2v) is 14.1. The molecule has 5 N–H and O–H groups in total. The molecule has 261 valence electrons. The van der Waals surface area contributed by atoms with Crippen LogP contribution < -0.4 is 10.1 Å². The van der Waals surface area contributed by atoms with Gasteiger partial charge in [-0.25, -0.2) is 0 Å². The summed E-state index contributed by atoms with van der Waals surface area (Å²) in [6.07, 6.45) is 0. The first-order valence-corrected chi connectivity index (χ1v) is 17.3. The molecule has 3 radical (unpaired) electrons. The Hall–Kier alpha value is -2.46. The zero-order valence-electron chi connectivity index (χ0n) is 28.0. The Morgan fingerprint density at radius 1 is 0.788 bits per heavy atom. The van der Waals surface area contributed by atoms with E-state index in [1.165, 1.54) is 26.2 Å². The number of hydrogen-bond donors (Lipinski definition) is 5. The molecule has 1 amide bonds. The number of benzene rings is 4. The van der Waals surface area contributed by atoms with Gasteiger partial charge in [0.15, 0.2) is 5.75 Å². The predicted octanol–water partition coefficient (Wildman–Crippen LogP) is 4.16. The molecule has 0 bridgehead atoms. The van der Waals surface area contributed by atoms with Crippen LogP contribution in [0.5, 0.6) is 11.5 Å². The number of nitro groups is 1. The van der Waals surface area contributed by atoms with E-state index >= 15 is 0 Å². The molecule has 52 heavy (non-hydrogen) atoms. The predicted molar refractivity (Wildman–Crippen MR) is 186 cm³/mol. The number of methoxy groups -OCH3 is 1. The summed E-state index contributed by atoms with van der Waals surface area (Å²) in [5.74, 6) is -1.80. The number of azo groups is 2. The largest absolute Gasteiger partial charge is 0.505 e. The minimum Gasteiger partial charge on any atom is -0.505 e. The average molecular weight is 808 g/mol. The number of fused-ring (bicyclic) bond motifs is 1. The van der Waals surface area contributed by atoms with Gasteiger partial charge in [0, 0.05) is 119 Å². The minimum atomic E-state index is -5.19. The fourth-order valence-electron chi connectivity index (χ4n) is 4.32. The number of phenolic OH excluding ortho intramolecular Hbond substituents is 1. The average Bonchev–Trinajstić information content (AvgIpc) is 2.97. The molecule has 4 aromatic carbocycles.